The largest absolute Gasteiger partial charge is 0.355 e. The highest BCUT2D eigenvalue weighted by atomic mass is 32.2. The molecule has 2 unspecified atom stereocenters. The normalized spacial score (nSPS) is 25.6. The Hall–Kier alpha value is -2.81. The van der Waals surface area contributed by atoms with Crippen molar-refractivity contribution in [1.82, 2.24) is 14.9 Å². The summed E-state index contributed by atoms with van der Waals surface area (Å²) < 4.78 is 12.7. The van der Waals surface area contributed by atoms with Crippen LogP contribution in [0.15, 0.2) is 39.4 Å². The SMILES string of the molecule is C/C(=N\N=C1\CC2CCN12)C1CCN(c2nc3c(c(Nc4cccc(C)c4)n2)S(=O)CC3)CC1. The molecule has 4 aliphatic heterocycles. The summed E-state index contributed by atoms with van der Waals surface area (Å²) in [6.45, 7) is 7.09. The van der Waals surface area contributed by atoms with E-state index in [4.69, 9.17) is 9.97 Å². The first-order chi connectivity index (χ1) is 16.5. The number of anilines is 3. The summed E-state index contributed by atoms with van der Waals surface area (Å²) in [5.41, 5.74) is 4.17. The molecule has 9 heteroatoms. The Balaban J connectivity index is 1.17. The van der Waals surface area contributed by atoms with E-state index < -0.39 is 10.8 Å². The van der Waals surface area contributed by atoms with Crippen LogP contribution in [0.25, 0.3) is 0 Å². The molecule has 0 radical (unpaired) electrons. The Morgan fingerprint density at radius 3 is 2.74 bits per heavy atom. The quantitative estimate of drug-likeness (QED) is 0.523. The van der Waals surface area contributed by atoms with E-state index in [1.54, 1.807) is 0 Å². The minimum absolute atomic E-state index is 0.444. The van der Waals surface area contributed by atoms with Gasteiger partial charge in [-0.3, -0.25) is 4.21 Å². The molecule has 3 saturated heterocycles. The molecule has 8 nitrogen and oxygen atoms in total. The predicted molar refractivity (Wildman–Crippen MR) is 137 cm³/mol. The topological polar surface area (TPSA) is 86.1 Å². The van der Waals surface area contributed by atoms with Crippen LogP contribution in [0, 0.1) is 12.8 Å². The van der Waals surface area contributed by atoms with Crippen molar-refractivity contribution >= 4 is 39.8 Å². The highest BCUT2D eigenvalue weighted by molar-refractivity contribution is 7.85. The van der Waals surface area contributed by atoms with E-state index in [0.29, 0.717) is 17.5 Å². The summed E-state index contributed by atoms with van der Waals surface area (Å²) >= 11 is 0. The van der Waals surface area contributed by atoms with E-state index >= 15 is 0 Å². The fourth-order valence-electron chi connectivity index (χ4n) is 5.29. The number of benzene rings is 1. The number of fused-ring (bicyclic) bond motifs is 2. The van der Waals surface area contributed by atoms with E-state index in [-0.39, 0.29) is 0 Å². The van der Waals surface area contributed by atoms with E-state index in [1.807, 2.05) is 12.1 Å². The fourth-order valence-corrected chi connectivity index (χ4v) is 6.60. The number of nitrogens with zero attached hydrogens (tertiary/aromatic N) is 6. The van der Waals surface area contributed by atoms with Gasteiger partial charge in [0.2, 0.25) is 5.95 Å². The van der Waals surface area contributed by atoms with Gasteiger partial charge in [-0.2, -0.15) is 10.1 Å². The summed E-state index contributed by atoms with van der Waals surface area (Å²) in [5.74, 6) is 3.64. The first-order valence-corrected chi connectivity index (χ1v) is 13.6. The zero-order valence-corrected chi connectivity index (χ0v) is 20.6. The van der Waals surface area contributed by atoms with E-state index in [0.717, 1.165) is 85.1 Å². The second-order valence-electron chi connectivity index (χ2n) is 9.80. The van der Waals surface area contributed by atoms with Gasteiger partial charge >= 0.3 is 0 Å². The second-order valence-corrected chi connectivity index (χ2v) is 11.3. The van der Waals surface area contributed by atoms with Crippen molar-refractivity contribution in [3.05, 3.63) is 35.5 Å². The van der Waals surface area contributed by atoms with Crippen LogP contribution >= 0.6 is 0 Å². The first kappa shape index (κ1) is 21.7. The summed E-state index contributed by atoms with van der Waals surface area (Å²) in [7, 11) is -1.05. The van der Waals surface area contributed by atoms with Crippen molar-refractivity contribution in [1.29, 1.82) is 0 Å². The molecule has 2 atom stereocenters. The molecule has 1 aromatic heterocycles. The number of rotatable bonds is 5. The molecule has 1 aromatic carbocycles. The Bertz CT molecular complexity index is 1200. The maximum absolute atomic E-state index is 12.7. The molecule has 2 aromatic rings. The number of amidine groups is 1. The van der Waals surface area contributed by atoms with Crippen LogP contribution in [-0.4, -0.2) is 62.1 Å². The zero-order valence-electron chi connectivity index (χ0n) is 19.8. The van der Waals surface area contributed by atoms with Gasteiger partial charge in [-0.15, -0.1) is 5.10 Å². The molecule has 0 spiro atoms. The Kier molecular flexibility index (Phi) is 5.59. The van der Waals surface area contributed by atoms with Gasteiger partial charge in [0.15, 0.2) is 5.82 Å². The molecule has 5 heterocycles. The van der Waals surface area contributed by atoms with Crippen LogP contribution in [0.4, 0.5) is 17.5 Å². The monoisotopic (exact) mass is 477 g/mol. The standard InChI is InChI=1S/C25H31N7OS/c1-16-4-3-5-19(14-16)26-24-23-21(9-13-34(23)33)27-25(28-24)31-10-6-18(7-11-31)17(2)29-30-22-15-20-8-12-32(20)22/h3-5,14,18,20H,6-13,15H2,1-2H3,(H,26,27,28)/b29-17+,30-22-. The van der Waals surface area contributed by atoms with Crippen molar-refractivity contribution in [3.8, 4) is 0 Å². The van der Waals surface area contributed by atoms with Crippen molar-refractivity contribution < 1.29 is 4.21 Å². The summed E-state index contributed by atoms with van der Waals surface area (Å²) in [6.07, 6.45) is 5.16. The number of hydrogen-bond donors (Lipinski definition) is 1. The van der Waals surface area contributed by atoms with Crippen molar-refractivity contribution in [2.45, 2.75) is 56.9 Å². The van der Waals surface area contributed by atoms with Crippen LogP contribution in [-0.2, 0) is 17.2 Å². The summed E-state index contributed by atoms with van der Waals surface area (Å²) in [5, 5.41) is 12.5. The lowest BCUT2D eigenvalue weighted by Crippen LogP contribution is -2.61. The van der Waals surface area contributed by atoms with Crippen molar-refractivity contribution in [2.24, 2.45) is 16.1 Å². The van der Waals surface area contributed by atoms with E-state index in [9.17, 15) is 4.21 Å². The van der Waals surface area contributed by atoms with Gasteiger partial charge in [0.05, 0.1) is 16.5 Å². The Morgan fingerprint density at radius 1 is 1.18 bits per heavy atom. The summed E-state index contributed by atoms with van der Waals surface area (Å²) in [4.78, 5) is 15.1. The van der Waals surface area contributed by atoms with Gasteiger partial charge in [0.25, 0.3) is 0 Å². The lowest BCUT2D eigenvalue weighted by molar-refractivity contribution is 0.129. The van der Waals surface area contributed by atoms with Crippen molar-refractivity contribution in [3.63, 3.8) is 0 Å². The fraction of sp³-hybridized carbons (Fsp3) is 0.520. The number of aryl methyl sites for hydroxylation is 2. The molecule has 0 aliphatic carbocycles. The maximum atomic E-state index is 12.7. The van der Waals surface area contributed by atoms with E-state index in [1.165, 1.54) is 12.0 Å². The number of piperidine rings is 2. The van der Waals surface area contributed by atoms with Gasteiger partial charge in [-0.05, 0) is 50.8 Å². The molecular weight excluding hydrogens is 446 g/mol. The molecule has 3 fully saturated rings. The first-order valence-electron chi connectivity index (χ1n) is 12.3. The van der Waals surface area contributed by atoms with E-state index in [2.05, 4.69) is 51.3 Å². The third-order valence-electron chi connectivity index (χ3n) is 7.54. The van der Waals surface area contributed by atoms with Crippen LogP contribution in [0.3, 0.4) is 0 Å². The van der Waals surface area contributed by atoms with Gasteiger partial charge in [0, 0.05) is 61.6 Å². The number of nitrogens with one attached hydrogen (secondary N) is 1. The smallest absolute Gasteiger partial charge is 0.227 e. The van der Waals surface area contributed by atoms with Crippen LogP contribution < -0.4 is 10.2 Å². The molecule has 34 heavy (non-hydrogen) atoms. The molecule has 4 aliphatic rings. The zero-order chi connectivity index (χ0) is 23.2. The van der Waals surface area contributed by atoms with Gasteiger partial charge in [-0.25, -0.2) is 4.98 Å². The third kappa shape index (κ3) is 4.00. The van der Waals surface area contributed by atoms with Gasteiger partial charge in [0.1, 0.15) is 10.7 Å². The maximum Gasteiger partial charge on any atom is 0.227 e. The average molecular weight is 478 g/mol. The van der Waals surface area contributed by atoms with Crippen LogP contribution in [0.2, 0.25) is 0 Å². The molecule has 0 bridgehead atoms. The minimum Gasteiger partial charge on any atom is -0.355 e. The van der Waals surface area contributed by atoms with Gasteiger partial charge in [-0.1, -0.05) is 12.1 Å². The number of hydrogen-bond acceptors (Lipinski definition) is 7. The summed E-state index contributed by atoms with van der Waals surface area (Å²) in [6, 6.07) is 8.92. The van der Waals surface area contributed by atoms with Crippen molar-refractivity contribution in [2.75, 3.05) is 35.6 Å². The average Bonchev–Trinajstić information content (AvgIpc) is 3.20. The molecule has 0 amide bonds. The highest BCUT2D eigenvalue weighted by Crippen LogP contribution is 2.34. The second kappa shape index (κ2) is 8.76. The lowest BCUT2D eigenvalue weighted by atomic mass is 9.89. The van der Waals surface area contributed by atoms with Gasteiger partial charge < -0.3 is 15.1 Å². The highest BCUT2D eigenvalue weighted by Gasteiger charge is 2.41. The Labute approximate surface area is 203 Å². The minimum atomic E-state index is -1.05. The molecular formula is C25H31N7OS. The van der Waals surface area contributed by atoms with Crippen LogP contribution in [0.5, 0.6) is 0 Å². The molecule has 6 rings (SSSR count). The molecule has 178 valence electrons. The third-order valence-corrected chi connectivity index (χ3v) is 9.00. The predicted octanol–water partition coefficient (Wildman–Crippen LogP) is 3.66. The molecule has 0 saturated carbocycles. The van der Waals surface area contributed by atoms with Crippen LogP contribution in [0.1, 0.15) is 43.9 Å². The molecule has 1 N–H and O–H groups in total. The lowest BCUT2D eigenvalue weighted by Gasteiger charge is -2.52. The Morgan fingerprint density at radius 2 is 2.03 bits per heavy atom. The number of aromatic nitrogens is 2.